The van der Waals surface area contributed by atoms with E-state index in [9.17, 15) is 4.57 Å². The molecule has 1 rings (SSSR count). The van der Waals surface area contributed by atoms with Gasteiger partial charge in [-0.3, -0.25) is 4.57 Å². The summed E-state index contributed by atoms with van der Waals surface area (Å²) in [6.45, 7) is 6.18. The number of hydrogen-bond acceptors (Lipinski definition) is 3. The Morgan fingerprint density at radius 1 is 1.18 bits per heavy atom. The highest BCUT2D eigenvalue weighted by atomic mass is 31.2. The van der Waals surface area contributed by atoms with Gasteiger partial charge >= 0.3 is 7.60 Å². The van der Waals surface area contributed by atoms with Crippen molar-refractivity contribution in [2.24, 2.45) is 0 Å². The Morgan fingerprint density at radius 2 is 1.71 bits per heavy atom. The number of benzene rings is 1. The lowest BCUT2D eigenvalue weighted by molar-refractivity contribution is 0.230. The Hall–Kier alpha value is -0.890. The van der Waals surface area contributed by atoms with Gasteiger partial charge < -0.3 is 9.05 Å². The first-order chi connectivity index (χ1) is 8.18. The van der Waals surface area contributed by atoms with Crippen LogP contribution in [0.25, 0.3) is 5.31 Å². The van der Waals surface area contributed by atoms with Crippen LogP contribution in [0.15, 0.2) is 36.4 Å². The Labute approximate surface area is 103 Å². The molecule has 4 heteroatoms. The molecule has 0 aliphatic heterocycles. The van der Waals surface area contributed by atoms with Gasteiger partial charge in [0, 0.05) is 0 Å². The molecule has 0 unspecified atom stereocenters. The first-order valence-electron chi connectivity index (χ1n) is 5.79. The lowest BCUT2D eigenvalue weighted by atomic mass is 10.2. The standard InChI is InChI=1S/C13H19O3P/c1-4-13(12-10-8-7-9-11-12)17(14,15-5-2)16-6-3/h4,7-11H,5-6H2,1-3H3/b13-4+. The summed E-state index contributed by atoms with van der Waals surface area (Å²) in [4.78, 5) is 0. The summed E-state index contributed by atoms with van der Waals surface area (Å²) in [5.41, 5.74) is 0.875. The van der Waals surface area contributed by atoms with Gasteiger partial charge in [0.1, 0.15) is 0 Å². The zero-order valence-electron chi connectivity index (χ0n) is 10.6. The Morgan fingerprint density at radius 3 is 2.12 bits per heavy atom. The van der Waals surface area contributed by atoms with E-state index in [1.54, 1.807) is 6.08 Å². The van der Waals surface area contributed by atoms with E-state index in [-0.39, 0.29) is 0 Å². The maximum absolute atomic E-state index is 12.6. The van der Waals surface area contributed by atoms with Gasteiger partial charge in [-0.1, -0.05) is 36.4 Å². The lowest BCUT2D eigenvalue weighted by Gasteiger charge is -2.20. The van der Waals surface area contributed by atoms with Crippen LogP contribution in [0.4, 0.5) is 0 Å². The average molecular weight is 254 g/mol. The normalized spacial score (nSPS) is 12.8. The van der Waals surface area contributed by atoms with Crippen LogP contribution in [0.3, 0.4) is 0 Å². The van der Waals surface area contributed by atoms with E-state index >= 15 is 0 Å². The zero-order valence-corrected chi connectivity index (χ0v) is 11.4. The van der Waals surface area contributed by atoms with E-state index in [4.69, 9.17) is 9.05 Å². The van der Waals surface area contributed by atoms with E-state index in [1.165, 1.54) is 0 Å². The molecule has 0 amide bonds. The highest BCUT2D eigenvalue weighted by Gasteiger charge is 2.29. The van der Waals surface area contributed by atoms with Gasteiger partial charge in [0.2, 0.25) is 0 Å². The van der Waals surface area contributed by atoms with Crippen molar-refractivity contribution in [1.29, 1.82) is 0 Å². The molecule has 0 aliphatic carbocycles. The molecular formula is C13H19O3P. The van der Waals surface area contributed by atoms with E-state index < -0.39 is 7.60 Å². The summed E-state index contributed by atoms with van der Waals surface area (Å²) in [6, 6.07) is 9.53. The molecule has 0 aliphatic rings. The first-order valence-corrected chi connectivity index (χ1v) is 7.33. The molecule has 0 heterocycles. The smallest absolute Gasteiger partial charge is 0.305 e. The van der Waals surface area contributed by atoms with Gasteiger partial charge in [0.25, 0.3) is 0 Å². The summed E-state index contributed by atoms with van der Waals surface area (Å²) >= 11 is 0. The van der Waals surface area contributed by atoms with Crippen LogP contribution in [0.1, 0.15) is 26.3 Å². The fourth-order valence-electron chi connectivity index (χ4n) is 1.61. The van der Waals surface area contributed by atoms with Crippen LogP contribution >= 0.6 is 7.60 Å². The monoisotopic (exact) mass is 254 g/mol. The van der Waals surface area contributed by atoms with Crippen molar-refractivity contribution >= 4 is 12.9 Å². The molecule has 17 heavy (non-hydrogen) atoms. The number of rotatable bonds is 6. The van der Waals surface area contributed by atoms with E-state index in [2.05, 4.69) is 0 Å². The fraction of sp³-hybridized carbons (Fsp3) is 0.385. The second-order valence-electron chi connectivity index (χ2n) is 3.37. The van der Waals surface area contributed by atoms with Gasteiger partial charge in [-0.15, -0.1) is 0 Å². The molecule has 0 aromatic heterocycles. The Balaban J connectivity index is 3.12. The minimum Gasteiger partial charge on any atom is -0.305 e. The van der Waals surface area contributed by atoms with E-state index in [1.807, 2.05) is 51.1 Å². The fourth-order valence-corrected chi connectivity index (χ4v) is 3.42. The van der Waals surface area contributed by atoms with Crippen molar-refractivity contribution in [1.82, 2.24) is 0 Å². The van der Waals surface area contributed by atoms with Gasteiger partial charge in [-0.05, 0) is 26.3 Å². The molecule has 0 fully saturated rings. The third-order valence-corrected chi connectivity index (χ3v) is 4.54. The summed E-state index contributed by atoms with van der Waals surface area (Å²) in [5, 5.41) is 0.627. The van der Waals surface area contributed by atoms with Gasteiger partial charge in [0.15, 0.2) is 0 Å². The van der Waals surface area contributed by atoms with Crippen LogP contribution in [-0.4, -0.2) is 13.2 Å². The van der Waals surface area contributed by atoms with Crippen LogP contribution in [0, 0.1) is 0 Å². The van der Waals surface area contributed by atoms with Crippen molar-refractivity contribution in [3.63, 3.8) is 0 Å². The molecule has 1 aromatic carbocycles. The number of hydrogen-bond donors (Lipinski definition) is 0. The molecule has 94 valence electrons. The molecule has 1 aromatic rings. The van der Waals surface area contributed by atoms with Crippen LogP contribution in [0.2, 0.25) is 0 Å². The Kier molecular flexibility index (Phi) is 5.63. The minimum absolute atomic E-state index is 0.363. The predicted octanol–water partition coefficient (Wildman–Crippen LogP) is 4.31. The van der Waals surface area contributed by atoms with E-state index in [0.717, 1.165) is 5.56 Å². The summed E-state index contributed by atoms with van der Waals surface area (Å²) in [5.74, 6) is 0. The Bertz CT molecular complexity index is 402. The van der Waals surface area contributed by atoms with E-state index in [0.29, 0.717) is 18.5 Å². The summed E-state index contributed by atoms with van der Waals surface area (Å²) < 4.78 is 23.3. The van der Waals surface area contributed by atoms with Crippen molar-refractivity contribution in [2.45, 2.75) is 20.8 Å². The second-order valence-corrected chi connectivity index (χ2v) is 5.37. The van der Waals surface area contributed by atoms with Crippen molar-refractivity contribution in [2.75, 3.05) is 13.2 Å². The molecule has 0 saturated heterocycles. The number of allylic oxidation sites excluding steroid dienone is 1. The maximum atomic E-state index is 12.6. The lowest BCUT2D eigenvalue weighted by Crippen LogP contribution is -1.98. The molecule has 0 atom stereocenters. The topological polar surface area (TPSA) is 35.5 Å². The third kappa shape index (κ3) is 3.53. The largest absolute Gasteiger partial charge is 0.361 e. The van der Waals surface area contributed by atoms with Crippen LogP contribution < -0.4 is 0 Å². The van der Waals surface area contributed by atoms with Gasteiger partial charge in [-0.2, -0.15) is 0 Å². The summed E-state index contributed by atoms with van der Waals surface area (Å²) in [7, 11) is -3.19. The van der Waals surface area contributed by atoms with Crippen LogP contribution in [-0.2, 0) is 13.6 Å². The third-order valence-electron chi connectivity index (χ3n) is 2.24. The molecule has 3 nitrogen and oxygen atoms in total. The van der Waals surface area contributed by atoms with Crippen molar-refractivity contribution in [3.8, 4) is 0 Å². The van der Waals surface area contributed by atoms with Gasteiger partial charge in [-0.25, -0.2) is 0 Å². The summed E-state index contributed by atoms with van der Waals surface area (Å²) in [6.07, 6.45) is 1.79. The highest BCUT2D eigenvalue weighted by Crippen LogP contribution is 2.60. The van der Waals surface area contributed by atoms with Crippen molar-refractivity contribution in [3.05, 3.63) is 42.0 Å². The van der Waals surface area contributed by atoms with Crippen LogP contribution in [0.5, 0.6) is 0 Å². The predicted molar refractivity (Wildman–Crippen MR) is 71.0 cm³/mol. The maximum Gasteiger partial charge on any atom is 0.361 e. The first kappa shape index (κ1) is 14.2. The average Bonchev–Trinajstić information content (AvgIpc) is 2.31. The van der Waals surface area contributed by atoms with Gasteiger partial charge in [0.05, 0.1) is 18.5 Å². The SMILES string of the molecule is C/C=C(\c1ccccc1)P(=O)(OCC)OCC. The van der Waals surface area contributed by atoms with Crippen molar-refractivity contribution < 1.29 is 13.6 Å². The second kappa shape index (κ2) is 6.75. The molecular weight excluding hydrogens is 235 g/mol. The molecule has 0 spiro atoms. The quantitative estimate of drug-likeness (QED) is 0.709. The molecule has 0 N–H and O–H groups in total. The highest BCUT2D eigenvalue weighted by molar-refractivity contribution is 7.65. The molecule has 0 bridgehead atoms. The zero-order chi connectivity index (χ0) is 12.7. The molecule has 0 saturated carbocycles. The molecule has 0 radical (unpaired) electrons. The minimum atomic E-state index is -3.19.